The van der Waals surface area contributed by atoms with Crippen molar-refractivity contribution in [2.45, 2.75) is 131 Å². The zero-order valence-corrected chi connectivity index (χ0v) is 53.6. The molecule has 2 aliphatic heterocycles. The number of carbonyl (C=O) groups is 11. The van der Waals surface area contributed by atoms with Gasteiger partial charge in [-0.25, -0.2) is 9.97 Å². The highest BCUT2D eigenvalue weighted by Gasteiger charge is 2.40. The average Bonchev–Trinajstić information content (AvgIpc) is 1.84. The zero-order chi connectivity index (χ0) is 69.2. The molecule has 4 aromatic heterocycles. The van der Waals surface area contributed by atoms with Gasteiger partial charge in [-0.05, 0) is 84.7 Å². The van der Waals surface area contributed by atoms with E-state index in [4.69, 9.17) is 11.5 Å². The average molecular weight is 1340 g/mol. The van der Waals surface area contributed by atoms with Gasteiger partial charge in [-0.15, -0.1) is 0 Å². The van der Waals surface area contributed by atoms with Gasteiger partial charge in [-0.3, -0.25) is 52.7 Å². The van der Waals surface area contributed by atoms with Crippen molar-refractivity contribution < 1.29 is 57.8 Å². The van der Waals surface area contributed by atoms with Crippen LogP contribution in [0.5, 0.6) is 0 Å². The van der Waals surface area contributed by atoms with E-state index < -0.39 is 127 Å². The van der Waals surface area contributed by atoms with E-state index in [-0.39, 0.29) is 76.8 Å². The van der Waals surface area contributed by atoms with Crippen molar-refractivity contribution in [1.29, 1.82) is 0 Å². The number of nitrogens with one attached hydrogen (secondary N) is 13. The third-order valence-corrected chi connectivity index (χ3v) is 17.5. The molecule has 2 fully saturated rings. The van der Waals surface area contributed by atoms with Gasteiger partial charge in [0.05, 0.1) is 25.8 Å². The predicted octanol–water partition coefficient (Wildman–Crippen LogP) is -0.852. The van der Waals surface area contributed by atoms with Crippen LogP contribution in [0.25, 0.3) is 32.6 Å². The number of para-hydroxylation sites is 2. The van der Waals surface area contributed by atoms with Gasteiger partial charge in [0, 0.05) is 103 Å². The topological polar surface area (TPSA) is 460 Å². The number of imidazole rings is 2. The monoisotopic (exact) mass is 1340 g/mol. The second kappa shape index (κ2) is 32.9. The first-order chi connectivity index (χ1) is 47.4. The minimum absolute atomic E-state index is 0.105. The number of fused-ring (bicyclic) bond motifs is 3. The maximum atomic E-state index is 15.4. The zero-order valence-electron chi connectivity index (χ0n) is 53.6. The molecule has 9 atom stereocenters. The van der Waals surface area contributed by atoms with Gasteiger partial charge in [0.1, 0.15) is 54.4 Å². The molecule has 0 unspecified atom stereocenters. The Morgan fingerprint density at radius 3 is 1.60 bits per heavy atom. The van der Waals surface area contributed by atoms with Crippen molar-refractivity contribution in [1.82, 2.24) is 82.7 Å². The summed E-state index contributed by atoms with van der Waals surface area (Å²) < 4.78 is 0. The van der Waals surface area contributed by atoms with Crippen LogP contribution in [0.3, 0.4) is 0 Å². The molecule has 4 aromatic carbocycles. The Morgan fingerprint density at radius 2 is 1.07 bits per heavy atom. The molecule has 10 rings (SSSR count). The molecule has 2 saturated heterocycles. The van der Waals surface area contributed by atoms with Crippen LogP contribution in [0.2, 0.25) is 0 Å². The number of nitrogens with two attached hydrogens (primary N) is 2. The summed E-state index contributed by atoms with van der Waals surface area (Å²) in [5.74, 6) is -8.27. The predicted molar refractivity (Wildman–Crippen MR) is 358 cm³/mol. The van der Waals surface area contributed by atoms with Gasteiger partial charge in [-0.2, -0.15) is 0 Å². The molecule has 0 radical (unpaired) electrons. The number of hydrogen-bond donors (Lipinski definition) is 16. The minimum atomic E-state index is -1.78. The Kier molecular flexibility index (Phi) is 23.4. The van der Waals surface area contributed by atoms with Gasteiger partial charge in [0.15, 0.2) is 0 Å². The van der Waals surface area contributed by atoms with Crippen LogP contribution in [-0.4, -0.2) is 186 Å². The summed E-state index contributed by atoms with van der Waals surface area (Å²) >= 11 is 0. The van der Waals surface area contributed by atoms with Crippen LogP contribution >= 0.6 is 0 Å². The number of nitrogens with zero attached hydrogens (tertiary/aromatic N) is 3. The van der Waals surface area contributed by atoms with Crippen LogP contribution in [-0.2, 0) is 84.8 Å². The van der Waals surface area contributed by atoms with Crippen LogP contribution in [0.15, 0.2) is 128 Å². The number of H-pyrrole nitrogens is 4. The molecule has 30 heteroatoms. The fourth-order valence-electron chi connectivity index (χ4n) is 12.4. The standard InChI is InChI=1S/C68H80N18O12/c69-22-8-7-16-50(68(98)86-23-9-17-57(86)67(97)75-34-58(70)88)79-62(92)52(26-41-30-73-47-14-5-3-12-45(41)47)81-61(91)51(25-38-18-19-39-10-1-2-11-40(39)24-38)80-64(94)55(29-44-33-72-37-77-44)84-66(96)56(35-87)85-63(93)53(27-42-31-74-48-15-6-4-13-46(42)48)82-65(95)54(28-43-32-71-36-76-43)83-60(90)49-20-21-59(89)78-49/h1-6,10-15,18-19,24,30-33,36-37,49-57,73-74,87H,7-9,16-17,20-23,25-29,34-35,69H2,(H2,70,88)(H,71,76)(H,72,77)(H,75,97)(H,78,89)(H,79,92)(H,80,94)(H,81,91)(H,82,95)(H,83,90)(H,84,96)(H,85,93)/t49-,50-,51-,52-,53-,54-,55-,56-,57-/m0/s1. The summed E-state index contributed by atoms with van der Waals surface area (Å²) in [6, 6.07) is 15.3. The van der Waals surface area contributed by atoms with E-state index in [9.17, 15) is 43.5 Å². The Bertz CT molecular complexity index is 4170. The number of hydrogen-bond acceptors (Lipinski definition) is 15. The van der Waals surface area contributed by atoms with Gasteiger partial charge in [-0.1, -0.05) is 78.9 Å². The molecule has 8 aromatic rings. The summed E-state index contributed by atoms with van der Waals surface area (Å²) in [6.07, 6.45) is 10.1. The molecule has 0 aliphatic carbocycles. The van der Waals surface area contributed by atoms with Crippen molar-refractivity contribution >= 4 is 97.6 Å². The first kappa shape index (κ1) is 69.6. The van der Waals surface area contributed by atoms with E-state index in [1.165, 1.54) is 29.9 Å². The van der Waals surface area contributed by atoms with Crippen LogP contribution in [0, 0.1) is 0 Å². The second-order valence-corrected chi connectivity index (χ2v) is 24.5. The third kappa shape index (κ3) is 18.0. The normalized spacial score (nSPS) is 16.6. The summed E-state index contributed by atoms with van der Waals surface area (Å²) in [4.78, 5) is 176. The van der Waals surface area contributed by atoms with Crippen molar-refractivity contribution in [2.75, 3.05) is 26.2 Å². The fraction of sp³-hybridized carbons (Fsp3) is 0.368. The summed E-state index contributed by atoms with van der Waals surface area (Å²) in [5, 5.41) is 38.4. The molecule has 0 spiro atoms. The van der Waals surface area contributed by atoms with E-state index in [2.05, 4.69) is 77.8 Å². The smallest absolute Gasteiger partial charge is 0.245 e. The number of amides is 11. The van der Waals surface area contributed by atoms with Crippen LogP contribution in [0.1, 0.15) is 73.0 Å². The molecule has 11 amide bonds. The molecule has 0 saturated carbocycles. The van der Waals surface area contributed by atoms with E-state index in [1.807, 2.05) is 72.8 Å². The lowest BCUT2D eigenvalue weighted by Gasteiger charge is -2.30. The highest BCUT2D eigenvalue weighted by atomic mass is 16.3. The van der Waals surface area contributed by atoms with Crippen LogP contribution in [0.4, 0.5) is 0 Å². The fourth-order valence-corrected chi connectivity index (χ4v) is 12.4. The number of carbonyl (C=O) groups excluding carboxylic acids is 11. The molecule has 2 aliphatic rings. The molecule has 30 nitrogen and oxygen atoms in total. The summed E-state index contributed by atoms with van der Waals surface area (Å²) in [7, 11) is 0. The molecule has 6 heterocycles. The molecule has 18 N–H and O–H groups in total. The number of aliphatic hydroxyl groups is 1. The lowest BCUT2D eigenvalue weighted by molar-refractivity contribution is -0.142. The third-order valence-electron chi connectivity index (χ3n) is 17.5. The first-order valence-corrected chi connectivity index (χ1v) is 32.5. The van der Waals surface area contributed by atoms with E-state index in [1.54, 1.807) is 30.6 Å². The number of aliphatic hydroxyl groups excluding tert-OH is 1. The maximum Gasteiger partial charge on any atom is 0.245 e. The van der Waals surface area contributed by atoms with Gasteiger partial charge < -0.3 is 89.3 Å². The number of aromatic nitrogens is 6. The summed E-state index contributed by atoms with van der Waals surface area (Å²) in [6.45, 7) is -1.01. The van der Waals surface area contributed by atoms with Gasteiger partial charge in [0.2, 0.25) is 65.0 Å². The Balaban J connectivity index is 0.919. The van der Waals surface area contributed by atoms with Crippen molar-refractivity contribution in [2.24, 2.45) is 11.5 Å². The number of benzene rings is 4. The van der Waals surface area contributed by atoms with E-state index in [0.29, 0.717) is 58.2 Å². The Morgan fingerprint density at radius 1 is 0.561 bits per heavy atom. The molecular formula is C68H80N18O12. The number of likely N-dealkylation sites (tertiary alicyclic amines) is 1. The quantitative estimate of drug-likeness (QED) is 0.0223. The van der Waals surface area contributed by atoms with Crippen molar-refractivity contribution in [3.8, 4) is 0 Å². The van der Waals surface area contributed by atoms with Crippen LogP contribution < -0.4 is 59.3 Å². The SMILES string of the molecule is NCCCC[C@H](NC(=O)[C@H](Cc1c[nH]c2ccccc12)NC(=O)[C@H](Cc1ccc2ccccc2c1)NC(=O)[C@H](Cc1cnc[nH]1)NC(=O)[C@H](CO)NC(=O)[C@H](Cc1c[nH]c2ccccc12)NC(=O)[C@H](Cc1cnc[nH]1)NC(=O)[C@@H]1CCC(=O)N1)C(=O)N1CCC[C@H]1C(=O)NCC(N)=O. The molecule has 0 bridgehead atoms. The molecule has 514 valence electrons. The number of primary amides is 1. The second-order valence-electron chi connectivity index (χ2n) is 24.5. The Labute approximate surface area is 561 Å². The number of aromatic amines is 4. The lowest BCUT2D eigenvalue weighted by atomic mass is 9.99. The van der Waals surface area contributed by atoms with Gasteiger partial charge >= 0.3 is 0 Å². The first-order valence-electron chi connectivity index (χ1n) is 32.5. The molecule has 98 heavy (non-hydrogen) atoms. The minimum Gasteiger partial charge on any atom is -0.394 e. The maximum absolute atomic E-state index is 15.4. The number of unbranched alkanes of at least 4 members (excludes halogenated alkanes) is 1. The highest BCUT2D eigenvalue weighted by Crippen LogP contribution is 2.24. The van der Waals surface area contributed by atoms with Crippen molar-refractivity contribution in [3.05, 3.63) is 157 Å². The Hall–Kier alpha value is -11.3. The summed E-state index contributed by atoms with van der Waals surface area (Å²) in [5.41, 5.74) is 15.2. The molecular weight excluding hydrogens is 1260 g/mol. The highest BCUT2D eigenvalue weighted by molar-refractivity contribution is 6.00. The lowest BCUT2D eigenvalue weighted by Crippen LogP contribution is -2.62. The van der Waals surface area contributed by atoms with E-state index >= 15 is 14.4 Å². The number of rotatable bonds is 33. The largest absolute Gasteiger partial charge is 0.394 e. The van der Waals surface area contributed by atoms with Crippen molar-refractivity contribution in [3.63, 3.8) is 0 Å². The van der Waals surface area contributed by atoms with E-state index in [0.717, 1.165) is 21.7 Å². The van der Waals surface area contributed by atoms with Gasteiger partial charge in [0.25, 0.3) is 0 Å².